The number of nitrogens with zero attached hydrogens (tertiary/aromatic N) is 1. The van der Waals surface area contributed by atoms with Gasteiger partial charge in [-0.25, -0.2) is 4.79 Å². The van der Waals surface area contributed by atoms with Crippen LogP contribution in [0.5, 0.6) is 0 Å². The van der Waals surface area contributed by atoms with Gasteiger partial charge in [-0.15, -0.1) is 0 Å². The van der Waals surface area contributed by atoms with E-state index in [1.165, 1.54) is 12.1 Å². The van der Waals surface area contributed by atoms with Crippen LogP contribution in [-0.2, 0) is 6.18 Å². The Morgan fingerprint density at radius 2 is 1.75 bits per heavy atom. The Balaban J connectivity index is 2.13. The number of likely N-dealkylation sites (tertiary alicyclic amines) is 1. The van der Waals surface area contributed by atoms with Gasteiger partial charge in [0.25, 0.3) is 0 Å². The van der Waals surface area contributed by atoms with Gasteiger partial charge in [0.2, 0.25) is 0 Å². The topological polar surface area (TPSA) is 72.8 Å². The Labute approximate surface area is 112 Å². The molecule has 1 saturated heterocycles. The normalized spacial score (nSPS) is 22.9. The predicted octanol–water partition coefficient (Wildman–Crippen LogP) is 1.27. The summed E-state index contributed by atoms with van der Waals surface area (Å²) in [6.45, 7) is -0.248. The summed E-state index contributed by atoms with van der Waals surface area (Å²) in [5.74, 6) is 0. The third-order valence-electron chi connectivity index (χ3n) is 3.02. The van der Waals surface area contributed by atoms with Crippen LogP contribution in [-0.4, -0.2) is 46.4 Å². The SMILES string of the molecule is O=C(Nc1ccccc1C(F)(F)F)N1C[C@@H](O)[C@@H](O)C1. The van der Waals surface area contributed by atoms with Gasteiger partial charge < -0.3 is 20.4 Å². The highest BCUT2D eigenvalue weighted by Gasteiger charge is 2.36. The van der Waals surface area contributed by atoms with Crippen LogP contribution >= 0.6 is 0 Å². The minimum Gasteiger partial charge on any atom is -0.388 e. The predicted molar refractivity (Wildman–Crippen MR) is 64.0 cm³/mol. The van der Waals surface area contributed by atoms with Gasteiger partial charge in [0.05, 0.1) is 36.5 Å². The minimum absolute atomic E-state index is 0.124. The fourth-order valence-corrected chi connectivity index (χ4v) is 1.97. The molecule has 0 saturated carbocycles. The van der Waals surface area contributed by atoms with Crippen molar-refractivity contribution in [2.75, 3.05) is 18.4 Å². The number of hydrogen-bond acceptors (Lipinski definition) is 3. The lowest BCUT2D eigenvalue weighted by Crippen LogP contribution is -2.34. The number of carbonyl (C=O) groups excluding carboxylic acids is 1. The Kier molecular flexibility index (Phi) is 3.87. The number of benzene rings is 1. The number of carbonyl (C=O) groups is 1. The standard InChI is InChI=1S/C12H13F3N2O3/c13-12(14,15)7-3-1-2-4-8(7)16-11(20)17-5-9(18)10(19)6-17/h1-4,9-10,18-19H,5-6H2,(H,16,20)/t9-,10+. The fraction of sp³-hybridized carbons (Fsp3) is 0.417. The highest BCUT2D eigenvalue weighted by molar-refractivity contribution is 5.90. The zero-order valence-electron chi connectivity index (χ0n) is 10.3. The average Bonchev–Trinajstić information content (AvgIpc) is 2.69. The highest BCUT2D eigenvalue weighted by atomic mass is 19.4. The zero-order chi connectivity index (χ0) is 14.9. The number of anilines is 1. The van der Waals surface area contributed by atoms with E-state index in [0.717, 1.165) is 17.0 Å². The summed E-state index contributed by atoms with van der Waals surface area (Å²) in [7, 11) is 0. The molecule has 2 amide bonds. The number of amides is 2. The van der Waals surface area contributed by atoms with Gasteiger partial charge in [0, 0.05) is 0 Å². The Hall–Kier alpha value is -1.80. The zero-order valence-corrected chi connectivity index (χ0v) is 10.3. The summed E-state index contributed by atoms with van der Waals surface area (Å²) in [6.07, 6.45) is -6.74. The molecule has 0 aliphatic carbocycles. The van der Waals surface area contributed by atoms with Gasteiger partial charge in [-0.2, -0.15) is 13.2 Å². The first-order chi connectivity index (χ1) is 9.29. The molecular weight excluding hydrogens is 277 g/mol. The van der Waals surface area contributed by atoms with Crippen molar-refractivity contribution in [3.63, 3.8) is 0 Å². The molecule has 2 atom stereocenters. The summed E-state index contributed by atoms with van der Waals surface area (Å²) < 4.78 is 38.3. The van der Waals surface area contributed by atoms with Gasteiger partial charge in [-0.3, -0.25) is 0 Å². The number of urea groups is 1. The number of β-amino-alcohol motifs (C(OH)–C–C–N with tert-alkyl or cyclic N) is 2. The van der Waals surface area contributed by atoms with Gasteiger partial charge >= 0.3 is 12.2 Å². The van der Waals surface area contributed by atoms with Crippen molar-refractivity contribution >= 4 is 11.7 Å². The largest absolute Gasteiger partial charge is 0.418 e. The summed E-state index contributed by atoms with van der Waals surface area (Å²) in [4.78, 5) is 12.9. The number of nitrogens with one attached hydrogen (secondary N) is 1. The number of rotatable bonds is 1. The molecule has 2 rings (SSSR count). The van der Waals surface area contributed by atoms with E-state index in [4.69, 9.17) is 0 Å². The van der Waals surface area contributed by atoms with Crippen molar-refractivity contribution in [1.29, 1.82) is 0 Å². The summed E-state index contributed by atoms with van der Waals surface area (Å²) in [5, 5.41) is 20.8. The molecule has 0 radical (unpaired) electrons. The number of alkyl halides is 3. The van der Waals surface area contributed by atoms with Crippen LogP contribution in [0.2, 0.25) is 0 Å². The van der Waals surface area contributed by atoms with Crippen LogP contribution in [0.4, 0.5) is 23.7 Å². The number of para-hydroxylation sites is 1. The van der Waals surface area contributed by atoms with E-state index in [0.29, 0.717) is 0 Å². The maximum atomic E-state index is 12.8. The van der Waals surface area contributed by atoms with Gasteiger partial charge in [-0.1, -0.05) is 12.1 Å². The van der Waals surface area contributed by atoms with Crippen molar-refractivity contribution < 1.29 is 28.2 Å². The quantitative estimate of drug-likeness (QED) is 0.729. The molecule has 0 aromatic heterocycles. The van der Waals surface area contributed by atoms with Gasteiger partial charge in [0.15, 0.2) is 0 Å². The van der Waals surface area contributed by atoms with Crippen LogP contribution in [0.3, 0.4) is 0 Å². The molecule has 5 nitrogen and oxygen atoms in total. The summed E-state index contributed by atoms with van der Waals surface area (Å²) >= 11 is 0. The second-order valence-corrected chi connectivity index (χ2v) is 4.51. The van der Waals surface area contributed by atoms with E-state index in [1.807, 2.05) is 0 Å². The highest BCUT2D eigenvalue weighted by Crippen LogP contribution is 2.34. The molecule has 1 aromatic carbocycles. The van der Waals surface area contributed by atoms with Crippen LogP contribution in [0.1, 0.15) is 5.56 Å². The Morgan fingerprint density at radius 3 is 2.30 bits per heavy atom. The van der Waals surface area contributed by atoms with E-state index in [9.17, 15) is 28.2 Å². The number of aliphatic hydroxyl groups is 2. The van der Waals surface area contributed by atoms with Crippen molar-refractivity contribution in [3.8, 4) is 0 Å². The van der Waals surface area contributed by atoms with Gasteiger partial charge in [-0.05, 0) is 12.1 Å². The second-order valence-electron chi connectivity index (χ2n) is 4.51. The second kappa shape index (κ2) is 5.29. The average molecular weight is 290 g/mol. The molecule has 1 heterocycles. The molecule has 20 heavy (non-hydrogen) atoms. The number of halogens is 3. The molecule has 1 aromatic rings. The van der Waals surface area contributed by atoms with Crippen LogP contribution in [0, 0.1) is 0 Å². The molecule has 0 spiro atoms. The van der Waals surface area contributed by atoms with Crippen molar-refractivity contribution in [1.82, 2.24) is 4.90 Å². The first-order valence-electron chi connectivity index (χ1n) is 5.87. The molecule has 3 N–H and O–H groups in total. The van der Waals surface area contributed by atoms with Crippen LogP contribution in [0.25, 0.3) is 0 Å². The van der Waals surface area contributed by atoms with Crippen LogP contribution < -0.4 is 5.32 Å². The lowest BCUT2D eigenvalue weighted by molar-refractivity contribution is -0.136. The first kappa shape index (κ1) is 14.6. The van der Waals surface area contributed by atoms with Crippen molar-refractivity contribution in [2.45, 2.75) is 18.4 Å². The van der Waals surface area contributed by atoms with E-state index in [1.54, 1.807) is 0 Å². The summed E-state index contributed by atoms with van der Waals surface area (Å²) in [6, 6.07) is 3.81. The lowest BCUT2D eigenvalue weighted by Gasteiger charge is -2.18. The van der Waals surface area contributed by atoms with E-state index < -0.39 is 30.0 Å². The molecule has 1 aliphatic rings. The number of hydrogen-bond donors (Lipinski definition) is 3. The third-order valence-corrected chi connectivity index (χ3v) is 3.02. The van der Waals surface area contributed by atoms with Crippen LogP contribution in [0.15, 0.2) is 24.3 Å². The van der Waals surface area contributed by atoms with E-state index >= 15 is 0 Å². The molecule has 1 fully saturated rings. The molecule has 8 heteroatoms. The number of aliphatic hydroxyl groups excluding tert-OH is 2. The maximum Gasteiger partial charge on any atom is 0.418 e. The fourth-order valence-electron chi connectivity index (χ4n) is 1.97. The van der Waals surface area contributed by atoms with Crippen molar-refractivity contribution in [2.24, 2.45) is 0 Å². The molecule has 1 aliphatic heterocycles. The molecule has 0 unspecified atom stereocenters. The molecule has 110 valence electrons. The smallest absolute Gasteiger partial charge is 0.388 e. The molecule has 0 bridgehead atoms. The Bertz CT molecular complexity index is 497. The first-order valence-corrected chi connectivity index (χ1v) is 5.87. The third kappa shape index (κ3) is 3.02. The molecular formula is C12H13F3N2O3. The van der Waals surface area contributed by atoms with Crippen molar-refractivity contribution in [3.05, 3.63) is 29.8 Å². The minimum atomic E-state index is -4.58. The maximum absolute atomic E-state index is 12.8. The lowest BCUT2D eigenvalue weighted by atomic mass is 10.1. The van der Waals surface area contributed by atoms with E-state index in [-0.39, 0.29) is 18.8 Å². The monoisotopic (exact) mass is 290 g/mol. The summed E-state index contributed by atoms with van der Waals surface area (Å²) in [5.41, 5.74) is -1.31. The van der Waals surface area contributed by atoms with E-state index in [2.05, 4.69) is 5.32 Å². The van der Waals surface area contributed by atoms with Gasteiger partial charge in [0.1, 0.15) is 0 Å². The Morgan fingerprint density at radius 1 is 1.20 bits per heavy atom.